The summed E-state index contributed by atoms with van der Waals surface area (Å²) in [4.78, 5) is 25.6. The highest BCUT2D eigenvalue weighted by atomic mass is 35.5. The maximum atomic E-state index is 12.5. The number of benzene rings is 2. The molecule has 0 bridgehead atoms. The fraction of sp³-hybridized carbons (Fsp3) is 0.176. The summed E-state index contributed by atoms with van der Waals surface area (Å²) in [5.74, 6) is -0.947. The monoisotopic (exact) mass is 395 g/mol. The van der Waals surface area contributed by atoms with Crippen LogP contribution in [0.25, 0.3) is 0 Å². The Hall–Kier alpha value is -2.42. The maximum Gasteiger partial charge on any atom is 0.254 e. The number of hydrogen-bond acceptors (Lipinski definition) is 4. The van der Waals surface area contributed by atoms with Crippen LogP contribution in [-0.4, -0.2) is 38.7 Å². The molecule has 2 amide bonds. The van der Waals surface area contributed by atoms with Gasteiger partial charge in [-0.3, -0.25) is 9.59 Å². The Morgan fingerprint density at radius 2 is 1.85 bits per heavy atom. The molecule has 0 spiro atoms. The highest BCUT2D eigenvalue weighted by Gasteiger charge is 2.19. The molecule has 0 unspecified atom stereocenters. The zero-order valence-corrected chi connectivity index (χ0v) is 15.8. The van der Waals surface area contributed by atoms with Crippen molar-refractivity contribution in [1.82, 2.24) is 4.90 Å². The lowest BCUT2D eigenvalue weighted by molar-refractivity contribution is -0.116. The average molecular weight is 396 g/mol. The Kier molecular flexibility index (Phi) is 6.01. The molecule has 7 nitrogen and oxygen atoms in total. The van der Waals surface area contributed by atoms with Crippen molar-refractivity contribution >= 4 is 39.1 Å². The second-order valence-corrected chi connectivity index (χ2v) is 7.65. The van der Waals surface area contributed by atoms with Crippen molar-refractivity contribution in [2.75, 3.05) is 18.9 Å². The van der Waals surface area contributed by atoms with Gasteiger partial charge in [0, 0.05) is 12.6 Å². The molecule has 0 aromatic heterocycles. The minimum atomic E-state index is -3.95. The van der Waals surface area contributed by atoms with E-state index in [1.165, 1.54) is 30.1 Å². The van der Waals surface area contributed by atoms with E-state index in [2.05, 4.69) is 5.32 Å². The molecule has 0 saturated carbocycles. The summed E-state index contributed by atoms with van der Waals surface area (Å²) >= 11 is 5.97. The first-order valence-corrected chi connectivity index (χ1v) is 9.45. The fourth-order valence-corrected chi connectivity index (χ4v) is 3.29. The van der Waals surface area contributed by atoms with Gasteiger partial charge in [-0.15, -0.1) is 0 Å². The molecule has 0 aliphatic rings. The van der Waals surface area contributed by atoms with Gasteiger partial charge in [0.1, 0.15) is 0 Å². The summed E-state index contributed by atoms with van der Waals surface area (Å²) in [6.07, 6.45) is 0. The molecule has 2 aromatic carbocycles. The van der Waals surface area contributed by atoms with Crippen molar-refractivity contribution in [2.24, 2.45) is 5.14 Å². The van der Waals surface area contributed by atoms with Crippen LogP contribution in [0.4, 0.5) is 5.69 Å². The highest BCUT2D eigenvalue weighted by Crippen LogP contribution is 2.20. The molecule has 0 aliphatic heterocycles. The van der Waals surface area contributed by atoms with Crippen LogP contribution in [0.3, 0.4) is 0 Å². The topological polar surface area (TPSA) is 110 Å². The van der Waals surface area contributed by atoms with Crippen molar-refractivity contribution in [1.29, 1.82) is 0 Å². The third-order valence-electron chi connectivity index (χ3n) is 3.62. The molecule has 138 valence electrons. The molecular weight excluding hydrogens is 378 g/mol. The predicted octanol–water partition coefficient (Wildman–Crippen LogP) is 2.01. The Morgan fingerprint density at radius 1 is 1.19 bits per heavy atom. The lowest BCUT2D eigenvalue weighted by Gasteiger charge is -2.18. The van der Waals surface area contributed by atoms with Crippen molar-refractivity contribution in [3.63, 3.8) is 0 Å². The van der Waals surface area contributed by atoms with E-state index in [0.717, 1.165) is 0 Å². The van der Waals surface area contributed by atoms with E-state index in [0.29, 0.717) is 16.3 Å². The summed E-state index contributed by atoms with van der Waals surface area (Å²) in [6.45, 7) is 1.34. The van der Waals surface area contributed by atoms with Gasteiger partial charge in [0.25, 0.3) is 5.91 Å². The SMILES string of the molecule is Cc1ccc(C(=O)N(C)CC(=O)Nc2ccccc2Cl)cc1S(N)(=O)=O. The number of likely N-dealkylation sites (N-methyl/N-ethyl adjacent to an activating group) is 1. The van der Waals surface area contributed by atoms with E-state index >= 15 is 0 Å². The molecule has 0 radical (unpaired) electrons. The fourth-order valence-electron chi connectivity index (χ4n) is 2.30. The number of hydrogen-bond donors (Lipinski definition) is 2. The number of amides is 2. The van der Waals surface area contributed by atoms with Crippen molar-refractivity contribution in [3.05, 3.63) is 58.6 Å². The zero-order valence-electron chi connectivity index (χ0n) is 14.2. The van der Waals surface area contributed by atoms with Crippen LogP contribution in [0.5, 0.6) is 0 Å². The van der Waals surface area contributed by atoms with Gasteiger partial charge in [0.2, 0.25) is 15.9 Å². The summed E-state index contributed by atoms with van der Waals surface area (Å²) in [6, 6.07) is 10.9. The van der Waals surface area contributed by atoms with E-state index in [1.54, 1.807) is 31.2 Å². The first kappa shape index (κ1) is 19.9. The number of nitrogens with one attached hydrogen (secondary N) is 1. The Balaban J connectivity index is 2.12. The van der Waals surface area contributed by atoms with Gasteiger partial charge in [-0.1, -0.05) is 29.8 Å². The lowest BCUT2D eigenvalue weighted by Crippen LogP contribution is -2.35. The van der Waals surface area contributed by atoms with Gasteiger partial charge in [-0.05, 0) is 36.8 Å². The Bertz CT molecular complexity index is 960. The predicted molar refractivity (Wildman–Crippen MR) is 99.6 cm³/mol. The van der Waals surface area contributed by atoms with E-state index in [1.807, 2.05) is 0 Å². The quantitative estimate of drug-likeness (QED) is 0.806. The van der Waals surface area contributed by atoms with Crippen LogP contribution >= 0.6 is 11.6 Å². The number of rotatable bonds is 5. The largest absolute Gasteiger partial charge is 0.332 e. The molecule has 0 aliphatic carbocycles. The molecule has 3 N–H and O–H groups in total. The number of anilines is 1. The summed E-state index contributed by atoms with van der Waals surface area (Å²) in [5, 5.41) is 8.15. The number of primary sulfonamides is 1. The molecule has 2 rings (SSSR count). The standard InChI is InChI=1S/C17H18ClN3O4S/c1-11-7-8-12(9-15(11)26(19,24)25)17(23)21(2)10-16(22)20-14-6-4-3-5-13(14)18/h3-9H,10H2,1-2H3,(H,20,22)(H2,19,24,25). The van der Waals surface area contributed by atoms with E-state index in [9.17, 15) is 18.0 Å². The van der Waals surface area contributed by atoms with Crippen molar-refractivity contribution in [2.45, 2.75) is 11.8 Å². The second kappa shape index (κ2) is 7.86. The number of sulfonamides is 1. The lowest BCUT2D eigenvalue weighted by atomic mass is 10.1. The van der Waals surface area contributed by atoms with E-state index in [4.69, 9.17) is 16.7 Å². The smallest absolute Gasteiger partial charge is 0.254 e. The number of aryl methyl sites for hydroxylation is 1. The van der Waals surface area contributed by atoms with Crippen molar-refractivity contribution < 1.29 is 18.0 Å². The minimum absolute atomic E-state index is 0.118. The molecular formula is C17H18ClN3O4S. The Morgan fingerprint density at radius 3 is 2.46 bits per heavy atom. The molecule has 0 saturated heterocycles. The normalized spacial score (nSPS) is 11.1. The molecule has 9 heteroatoms. The Labute approximate surface area is 156 Å². The first-order valence-electron chi connectivity index (χ1n) is 7.53. The molecule has 0 fully saturated rings. The number of carbonyl (C=O) groups excluding carboxylic acids is 2. The van der Waals surface area contributed by atoms with Gasteiger partial charge in [0.15, 0.2) is 0 Å². The third-order valence-corrected chi connectivity index (χ3v) is 5.00. The highest BCUT2D eigenvalue weighted by molar-refractivity contribution is 7.89. The van der Waals surface area contributed by atoms with Gasteiger partial charge >= 0.3 is 0 Å². The zero-order chi connectivity index (χ0) is 19.5. The van der Waals surface area contributed by atoms with Gasteiger partial charge in [-0.25, -0.2) is 13.6 Å². The number of nitrogens with zero attached hydrogens (tertiary/aromatic N) is 1. The van der Waals surface area contributed by atoms with Crippen LogP contribution < -0.4 is 10.5 Å². The average Bonchev–Trinajstić information content (AvgIpc) is 2.55. The maximum absolute atomic E-state index is 12.5. The first-order chi connectivity index (χ1) is 12.1. The van der Waals surface area contributed by atoms with E-state index < -0.39 is 21.8 Å². The molecule has 26 heavy (non-hydrogen) atoms. The second-order valence-electron chi connectivity index (χ2n) is 5.71. The van der Waals surface area contributed by atoms with Crippen LogP contribution in [0, 0.1) is 6.92 Å². The number of nitrogens with two attached hydrogens (primary N) is 1. The molecule has 2 aromatic rings. The van der Waals surface area contributed by atoms with Crippen LogP contribution in [0.2, 0.25) is 5.02 Å². The third kappa shape index (κ3) is 4.81. The molecule has 0 heterocycles. The van der Waals surface area contributed by atoms with Crippen molar-refractivity contribution in [3.8, 4) is 0 Å². The minimum Gasteiger partial charge on any atom is -0.332 e. The summed E-state index contributed by atoms with van der Waals surface area (Å²) < 4.78 is 23.2. The van der Waals surface area contributed by atoms with E-state index in [-0.39, 0.29) is 17.0 Å². The number of carbonyl (C=O) groups is 2. The molecule has 0 atom stereocenters. The van der Waals surface area contributed by atoms with Gasteiger partial charge in [0.05, 0.1) is 22.2 Å². The number of para-hydroxylation sites is 1. The van der Waals surface area contributed by atoms with Crippen LogP contribution in [-0.2, 0) is 14.8 Å². The summed E-state index contributed by atoms with van der Waals surface area (Å²) in [7, 11) is -2.51. The van der Waals surface area contributed by atoms with Gasteiger partial charge < -0.3 is 10.2 Å². The summed E-state index contributed by atoms with van der Waals surface area (Å²) in [5.41, 5.74) is 0.989. The van der Waals surface area contributed by atoms with Crippen LogP contribution in [0.15, 0.2) is 47.4 Å². The number of halogens is 1. The van der Waals surface area contributed by atoms with Crippen LogP contribution in [0.1, 0.15) is 15.9 Å². The van der Waals surface area contributed by atoms with Gasteiger partial charge in [-0.2, -0.15) is 0 Å².